The summed E-state index contributed by atoms with van der Waals surface area (Å²) in [7, 11) is 0. The maximum atomic E-state index is 5.47. The van der Waals surface area contributed by atoms with Crippen molar-refractivity contribution in [3.63, 3.8) is 0 Å². The van der Waals surface area contributed by atoms with E-state index in [1.165, 1.54) is 0 Å². The van der Waals surface area contributed by atoms with Gasteiger partial charge in [-0.2, -0.15) is 0 Å². The first-order valence-electron chi connectivity index (χ1n) is 3.71. The van der Waals surface area contributed by atoms with Crippen LogP contribution in [0.3, 0.4) is 0 Å². The third-order valence-corrected chi connectivity index (χ3v) is 2.36. The summed E-state index contributed by atoms with van der Waals surface area (Å²) in [6.45, 7) is 1.47. The number of epoxide rings is 1. The van der Waals surface area contributed by atoms with E-state index in [2.05, 4.69) is 27.6 Å². The Morgan fingerprint density at radius 3 is 3.25 bits per heavy atom. The Morgan fingerprint density at radius 1 is 1.75 bits per heavy atom. The fourth-order valence-corrected chi connectivity index (χ4v) is 1.32. The van der Waals surface area contributed by atoms with Gasteiger partial charge in [0.25, 0.3) is 0 Å². The van der Waals surface area contributed by atoms with Gasteiger partial charge in [0.2, 0.25) is 0 Å². The highest BCUT2D eigenvalue weighted by Crippen LogP contribution is 2.19. The highest BCUT2D eigenvalue weighted by molar-refractivity contribution is 14.1. The number of ether oxygens (including phenoxy) is 2. The predicted molar refractivity (Wildman–Crippen MR) is 52.2 cm³/mol. The molecular weight excluding hydrogens is 269 g/mol. The number of nitrogens with zero attached hydrogens (tertiary/aromatic N) is 1. The summed E-state index contributed by atoms with van der Waals surface area (Å²) in [6, 6.07) is 3.78. The van der Waals surface area contributed by atoms with E-state index in [-0.39, 0.29) is 0 Å². The Labute approximate surface area is 84.2 Å². The summed E-state index contributed by atoms with van der Waals surface area (Å²) >= 11 is 2.15. The van der Waals surface area contributed by atoms with E-state index in [1.54, 1.807) is 6.20 Å². The van der Waals surface area contributed by atoms with Crippen LogP contribution in [-0.4, -0.2) is 24.3 Å². The molecule has 0 bridgehead atoms. The van der Waals surface area contributed by atoms with Crippen molar-refractivity contribution in [3.8, 4) is 5.75 Å². The molecule has 0 aliphatic carbocycles. The minimum absolute atomic E-state index is 0.306. The first-order valence-corrected chi connectivity index (χ1v) is 4.79. The minimum Gasteiger partial charge on any atom is -0.488 e. The summed E-state index contributed by atoms with van der Waals surface area (Å²) in [5, 5.41) is 0. The van der Waals surface area contributed by atoms with E-state index in [9.17, 15) is 0 Å². The lowest BCUT2D eigenvalue weighted by Gasteiger charge is -2.04. The van der Waals surface area contributed by atoms with E-state index in [0.717, 1.165) is 16.1 Å². The molecular formula is C8H8INO2. The number of hydrogen-bond donors (Lipinski definition) is 0. The summed E-state index contributed by atoms with van der Waals surface area (Å²) in [5.41, 5.74) is 0. The highest BCUT2D eigenvalue weighted by Gasteiger charge is 2.23. The van der Waals surface area contributed by atoms with Gasteiger partial charge in [0.1, 0.15) is 16.4 Å². The van der Waals surface area contributed by atoms with Crippen LogP contribution >= 0.6 is 22.6 Å². The second-order valence-corrected chi connectivity index (χ2v) is 3.58. The van der Waals surface area contributed by atoms with Gasteiger partial charge in [-0.3, -0.25) is 0 Å². The molecule has 1 fully saturated rings. The largest absolute Gasteiger partial charge is 0.488 e. The number of pyridine rings is 1. The van der Waals surface area contributed by atoms with Crippen LogP contribution in [0.5, 0.6) is 5.75 Å². The van der Waals surface area contributed by atoms with Crippen LogP contribution in [0.2, 0.25) is 0 Å². The van der Waals surface area contributed by atoms with Crippen LogP contribution in [0.4, 0.5) is 0 Å². The second kappa shape index (κ2) is 3.57. The smallest absolute Gasteiger partial charge is 0.151 e. The standard InChI is InChI=1S/C8H8INO2/c9-8-7(2-1-3-10-8)12-5-6-4-11-6/h1-3,6H,4-5H2. The van der Waals surface area contributed by atoms with Gasteiger partial charge in [-0.15, -0.1) is 0 Å². The maximum Gasteiger partial charge on any atom is 0.151 e. The molecule has 4 heteroatoms. The lowest BCUT2D eigenvalue weighted by atomic mass is 10.4. The zero-order chi connectivity index (χ0) is 8.39. The molecule has 2 rings (SSSR count). The van der Waals surface area contributed by atoms with Crippen LogP contribution in [0.25, 0.3) is 0 Å². The molecule has 0 amide bonds. The van der Waals surface area contributed by atoms with E-state index in [0.29, 0.717) is 12.7 Å². The Kier molecular flexibility index (Phi) is 2.45. The van der Waals surface area contributed by atoms with Gasteiger partial charge in [-0.05, 0) is 34.7 Å². The Bertz CT molecular complexity index is 276. The molecule has 12 heavy (non-hydrogen) atoms. The van der Waals surface area contributed by atoms with Crippen LogP contribution in [-0.2, 0) is 4.74 Å². The molecule has 1 unspecified atom stereocenters. The number of aromatic nitrogens is 1. The summed E-state index contributed by atoms with van der Waals surface area (Å²) < 4.78 is 11.4. The van der Waals surface area contributed by atoms with E-state index >= 15 is 0 Å². The van der Waals surface area contributed by atoms with E-state index in [4.69, 9.17) is 9.47 Å². The predicted octanol–water partition coefficient (Wildman–Crippen LogP) is 1.46. The van der Waals surface area contributed by atoms with Crippen molar-refractivity contribution in [1.29, 1.82) is 0 Å². The van der Waals surface area contributed by atoms with Crippen molar-refractivity contribution in [2.45, 2.75) is 6.10 Å². The highest BCUT2D eigenvalue weighted by atomic mass is 127. The monoisotopic (exact) mass is 277 g/mol. The normalized spacial score (nSPS) is 20.6. The van der Waals surface area contributed by atoms with Crippen LogP contribution in [0.15, 0.2) is 18.3 Å². The summed E-state index contributed by atoms with van der Waals surface area (Å²) in [4.78, 5) is 4.10. The molecule has 1 aromatic heterocycles. The fourth-order valence-electron chi connectivity index (χ4n) is 0.826. The molecule has 2 heterocycles. The summed E-state index contributed by atoms with van der Waals surface area (Å²) in [5.74, 6) is 0.841. The van der Waals surface area contributed by atoms with Gasteiger partial charge in [-0.1, -0.05) is 0 Å². The Balaban J connectivity index is 1.96. The van der Waals surface area contributed by atoms with Gasteiger partial charge in [-0.25, -0.2) is 4.98 Å². The average molecular weight is 277 g/mol. The Morgan fingerprint density at radius 2 is 2.58 bits per heavy atom. The molecule has 0 saturated carbocycles. The first-order chi connectivity index (χ1) is 5.86. The number of hydrogen-bond acceptors (Lipinski definition) is 3. The van der Waals surface area contributed by atoms with Gasteiger partial charge in [0.05, 0.1) is 6.61 Å². The lowest BCUT2D eigenvalue weighted by Crippen LogP contribution is -2.05. The number of halogens is 1. The van der Waals surface area contributed by atoms with Gasteiger partial charge < -0.3 is 9.47 Å². The average Bonchev–Trinajstić information content (AvgIpc) is 2.86. The topological polar surface area (TPSA) is 34.6 Å². The van der Waals surface area contributed by atoms with Gasteiger partial charge in [0.15, 0.2) is 5.75 Å². The molecule has 1 saturated heterocycles. The molecule has 64 valence electrons. The molecule has 1 atom stereocenters. The molecule has 0 aromatic carbocycles. The molecule has 0 N–H and O–H groups in total. The third kappa shape index (κ3) is 2.07. The van der Waals surface area contributed by atoms with Crippen molar-refractivity contribution in [2.75, 3.05) is 13.2 Å². The lowest BCUT2D eigenvalue weighted by molar-refractivity contribution is 0.260. The number of rotatable bonds is 3. The zero-order valence-electron chi connectivity index (χ0n) is 6.37. The molecule has 1 aromatic rings. The van der Waals surface area contributed by atoms with E-state index in [1.807, 2.05) is 12.1 Å². The minimum atomic E-state index is 0.306. The first kappa shape index (κ1) is 8.25. The van der Waals surface area contributed by atoms with Crippen LogP contribution in [0, 0.1) is 3.70 Å². The van der Waals surface area contributed by atoms with Crippen LogP contribution < -0.4 is 4.74 Å². The SMILES string of the molecule is Ic1ncccc1OCC1CO1. The van der Waals surface area contributed by atoms with Crippen molar-refractivity contribution < 1.29 is 9.47 Å². The van der Waals surface area contributed by atoms with Crippen molar-refractivity contribution >= 4 is 22.6 Å². The molecule has 3 nitrogen and oxygen atoms in total. The quantitative estimate of drug-likeness (QED) is 0.476. The fraction of sp³-hybridized carbons (Fsp3) is 0.375. The molecule has 0 spiro atoms. The molecule has 1 aliphatic heterocycles. The molecule has 0 radical (unpaired) electrons. The van der Waals surface area contributed by atoms with Crippen LogP contribution in [0.1, 0.15) is 0 Å². The van der Waals surface area contributed by atoms with Crippen molar-refractivity contribution in [2.24, 2.45) is 0 Å². The zero-order valence-corrected chi connectivity index (χ0v) is 8.52. The van der Waals surface area contributed by atoms with Crippen molar-refractivity contribution in [1.82, 2.24) is 4.98 Å². The van der Waals surface area contributed by atoms with Gasteiger partial charge >= 0.3 is 0 Å². The summed E-state index contributed by atoms with van der Waals surface area (Å²) in [6.07, 6.45) is 2.06. The second-order valence-electron chi connectivity index (χ2n) is 2.56. The molecule has 1 aliphatic rings. The maximum absolute atomic E-state index is 5.47. The van der Waals surface area contributed by atoms with Crippen molar-refractivity contribution in [3.05, 3.63) is 22.0 Å². The van der Waals surface area contributed by atoms with E-state index < -0.39 is 0 Å². The Hall–Kier alpha value is -0.360. The third-order valence-electron chi connectivity index (χ3n) is 1.55. The van der Waals surface area contributed by atoms with Gasteiger partial charge in [0, 0.05) is 6.20 Å².